The van der Waals surface area contributed by atoms with Crippen LogP contribution in [0, 0.1) is 0 Å². The number of carbonyl (C=O) groups excluding carboxylic acids is 2. The molecule has 0 aliphatic rings. The van der Waals surface area contributed by atoms with Crippen molar-refractivity contribution < 1.29 is 19.1 Å². The molecule has 0 fully saturated rings. The molecule has 6 nitrogen and oxygen atoms in total. The third kappa shape index (κ3) is 6.71. The molecule has 34 heavy (non-hydrogen) atoms. The van der Waals surface area contributed by atoms with Crippen molar-refractivity contribution in [3.05, 3.63) is 77.9 Å². The number of benzene rings is 3. The maximum Gasteiger partial charge on any atom is 0.255 e. The maximum absolute atomic E-state index is 13.1. The molecule has 0 spiro atoms. The number of carbonyl (C=O) groups is 2. The average molecular weight is 497 g/mol. The van der Waals surface area contributed by atoms with Crippen LogP contribution in [0.4, 0.5) is 5.69 Å². The van der Waals surface area contributed by atoms with Crippen molar-refractivity contribution in [2.24, 2.45) is 0 Å². The minimum atomic E-state index is -0.179. The van der Waals surface area contributed by atoms with Gasteiger partial charge in [-0.3, -0.25) is 9.59 Å². The highest BCUT2D eigenvalue weighted by Crippen LogP contribution is 2.30. The van der Waals surface area contributed by atoms with E-state index in [1.54, 1.807) is 62.2 Å². The Kier molecular flexibility index (Phi) is 9.30. The zero-order chi connectivity index (χ0) is 24.5. The molecular formula is C26H28N2O4S2. The summed E-state index contributed by atoms with van der Waals surface area (Å²) in [4.78, 5) is 29.3. The Morgan fingerprint density at radius 3 is 2.32 bits per heavy atom. The molecule has 0 bridgehead atoms. The summed E-state index contributed by atoms with van der Waals surface area (Å²) in [6.45, 7) is 0.506. The highest BCUT2D eigenvalue weighted by molar-refractivity contribution is 8.00. The molecule has 178 valence electrons. The third-order valence-corrected chi connectivity index (χ3v) is 6.89. The van der Waals surface area contributed by atoms with E-state index >= 15 is 0 Å². The molecular weight excluding hydrogens is 468 g/mol. The number of nitrogens with zero attached hydrogens (tertiary/aromatic N) is 1. The van der Waals surface area contributed by atoms with E-state index in [1.807, 2.05) is 36.6 Å². The molecule has 0 aliphatic carbocycles. The van der Waals surface area contributed by atoms with Crippen LogP contribution in [0.5, 0.6) is 11.5 Å². The second-order valence-corrected chi connectivity index (χ2v) is 9.31. The van der Waals surface area contributed by atoms with Crippen LogP contribution in [0.1, 0.15) is 15.9 Å². The fraction of sp³-hybridized carbons (Fsp3) is 0.231. The zero-order valence-electron chi connectivity index (χ0n) is 19.7. The van der Waals surface area contributed by atoms with Gasteiger partial charge in [0.05, 0.1) is 25.5 Å². The summed E-state index contributed by atoms with van der Waals surface area (Å²) in [5.74, 6) is 1.03. The minimum Gasteiger partial charge on any atom is -0.493 e. The van der Waals surface area contributed by atoms with Gasteiger partial charge in [0.15, 0.2) is 11.5 Å². The van der Waals surface area contributed by atoms with Gasteiger partial charge in [0.2, 0.25) is 5.91 Å². The van der Waals surface area contributed by atoms with Gasteiger partial charge < -0.3 is 19.7 Å². The van der Waals surface area contributed by atoms with Crippen LogP contribution in [0.15, 0.2) is 76.5 Å². The topological polar surface area (TPSA) is 67.9 Å². The van der Waals surface area contributed by atoms with Crippen LogP contribution in [0.2, 0.25) is 0 Å². The molecule has 0 aromatic heterocycles. The van der Waals surface area contributed by atoms with Crippen LogP contribution >= 0.6 is 23.5 Å². The number of hydrogen-bond donors (Lipinski definition) is 1. The fourth-order valence-electron chi connectivity index (χ4n) is 3.31. The summed E-state index contributed by atoms with van der Waals surface area (Å²) in [6, 6.07) is 20.7. The smallest absolute Gasteiger partial charge is 0.255 e. The third-order valence-electron chi connectivity index (χ3n) is 5.07. The standard InChI is InChI=1S/C26H28N2O4S2/c1-28(16-18-9-12-20(33-4)13-10-18)26(30)21-7-5-6-8-24(21)34-17-25(29)27-19-11-14-22(31-2)23(15-19)32-3/h5-15H,16-17H2,1-4H3,(H,27,29). The van der Waals surface area contributed by atoms with Crippen LogP contribution in [0.3, 0.4) is 0 Å². The number of methoxy groups -OCH3 is 2. The average Bonchev–Trinajstić information content (AvgIpc) is 2.87. The van der Waals surface area contributed by atoms with Gasteiger partial charge in [0, 0.05) is 35.1 Å². The van der Waals surface area contributed by atoms with E-state index in [1.165, 1.54) is 16.7 Å². The number of hydrogen-bond acceptors (Lipinski definition) is 6. The first kappa shape index (κ1) is 25.5. The van der Waals surface area contributed by atoms with Gasteiger partial charge in [-0.15, -0.1) is 23.5 Å². The molecule has 0 saturated carbocycles. The highest BCUT2D eigenvalue weighted by atomic mass is 32.2. The Labute approximate surface area is 209 Å². The molecule has 0 atom stereocenters. The summed E-state index contributed by atoms with van der Waals surface area (Å²) in [5.41, 5.74) is 2.25. The van der Waals surface area contributed by atoms with Crippen molar-refractivity contribution in [3.8, 4) is 11.5 Å². The van der Waals surface area contributed by atoms with Crippen LogP contribution in [-0.2, 0) is 11.3 Å². The quantitative estimate of drug-likeness (QED) is 0.378. The minimum absolute atomic E-state index is 0.0858. The lowest BCUT2D eigenvalue weighted by Gasteiger charge is -2.19. The molecule has 0 saturated heterocycles. The predicted molar refractivity (Wildman–Crippen MR) is 139 cm³/mol. The van der Waals surface area contributed by atoms with Crippen molar-refractivity contribution in [3.63, 3.8) is 0 Å². The number of ether oxygens (including phenoxy) is 2. The second-order valence-electron chi connectivity index (χ2n) is 7.41. The van der Waals surface area contributed by atoms with Crippen molar-refractivity contribution in [2.45, 2.75) is 16.3 Å². The molecule has 0 aliphatic heterocycles. The molecule has 0 unspecified atom stereocenters. The monoisotopic (exact) mass is 496 g/mol. The van der Waals surface area contributed by atoms with Crippen molar-refractivity contribution in [1.29, 1.82) is 0 Å². The molecule has 2 amide bonds. The number of thioether (sulfide) groups is 2. The Morgan fingerprint density at radius 2 is 1.65 bits per heavy atom. The summed E-state index contributed by atoms with van der Waals surface area (Å²) >= 11 is 3.02. The van der Waals surface area contributed by atoms with E-state index < -0.39 is 0 Å². The molecule has 8 heteroatoms. The van der Waals surface area contributed by atoms with Crippen molar-refractivity contribution in [1.82, 2.24) is 4.90 Å². The number of amides is 2. The highest BCUT2D eigenvalue weighted by Gasteiger charge is 2.17. The first-order valence-electron chi connectivity index (χ1n) is 10.6. The Hall–Kier alpha value is -3.10. The predicted octanol–water partition coefficient (Wildman–Crippen LogP) is 5.43. The van der Waals surface area contributed by atoms with Gasteiger partial charge in [-0.1, -0.05) is 24.3 Å². The zero-order valence-corrected chi connectivity index (χ0v) is 21.3. The lowest BCUT2D eigenvalue weighted by atomic mass is 10.1. The van der Waals surface area contributed by atoms with E-state index in [0.717, 1.165) is 10.5 Å². The summed E-state index contributed by atoms with van der Waals surface area (Å²) in [6.07, 6.45) is 2.04. The van der Waals surface area contributed by atoms with Crippen LogP contribution < -0.4 is 14.8 Å². The normalized spacial score (nSPS) is 10.5. The van der Waals surface area contributed by atoms with E-state index in [4.69, 9.17) is 9.47 Å². The Morgan fingerprint density at radius 1 is 0.941 bits per heavy atom. The first-order chi connectivity index (χ1) is 16.4. The molecule has 0 heterocycles. The second kappa shape index (κ2) is 12.4. The van der Waals surface area contributed by atoms with Gasteiger partial charge in [-0.2, -0.15) is 0 Å². The molecule has 0 radical (unpaired) electrons. The van der Waals surface area contributed by atoms with Crippen molar-refractivity contribution in [2.75, 3.05) is 38.6 Å². The molecule has 1 N–H and O–H groups in total. The van der Waals surface area contributed by atoms with E-state index in [2.05, 4.69) is 17.4 Å². The van der Waals surface area contributed by atoms with Crippen LogP contribution in [-0.4, -0.2) is 50.0 Å². The summed E-state index contributed by atoms with van der Waals surface area (Å²) in [5, 5.41) is 2.86. The summed E-state index contributed by atoms with van der Waals surface area (Å²) < 4.78 is 10.5. The number of rotatable bonds is 10. The van der Waals surface area contributed by atoms with Crippen molar-refractivity contribution >= 4 is 41.0 Å². The van der Waals surface area contributed by atoms with Gasteiger partial charge in [-0.25, -0.2) is 0 Å². The molecule has 3 rings (SSSR count). The molecule has 3 aromatic carbocycles. The van der Waals surface area contributed by atoms with Gasteiger partial charge in [-0.05, 0) is 48.2 Å². The van der Waals surface area contributed by atoms with Gasteiger partial charge in [0.25, 0.3) is 5.91 Å². The van der Waals surface area contributed by atoms with E-state index in [-0.39, 0.29) is 17.6 Å². The van der Waals surface area contributed by atoms with Crippen LogP contribution in [0.25, 0.3) is 0 Å². The lowest BCUT2D eigenvalue weighted by molar-refractivity contribution is -0.113. The number of nitrogens with one attached hydrogen (secondary N) is 1. The fourth-order valence-corrected chi connectivity index (χ4v) is 4.56. The summed E-state index contributed by atoms with van der Waals surface area (Å²) in [7, 11) is 4.89. The maximum atomic E-state index is 13.1. The number of anilines is 1. The van der Waals surface area contributed by atoms with Gasteiger partial charge in [0.1, 0.15) is 0 Å². The Balaban J connectivity index is 1.63. The Bertz CT molecular complexity index is 1140. The molecule has 3 aromatic rings. The first-order valence-corrected chi connectivity index (χ1v) is 12.8. The SMILES string of the molecule is COc1ccc(NC(=O)CSc2ccccc2C(=O)N(C)Cc2ccc(SC)cc2)cc1OC. The van der Waals surface area contributed by atoms with E-state index in [0.29, 0.717) is 29.3 Å². The van der Waals surface area contributed by atoms with E-state index in [9.17, 15) is 9.59 Å². The largest absolute Gasteiger partial charge is 0.493 e. The lowest BCUT2D eigenvalue weighted by Crippen LogP contribution is -2.26. The van der Waals surface area contributed by atoms with Gasteiger partial charge >= 0.3 is 0 Å².